The number of carbonyl (C=O) groups excluding carboxylic acids is 1. The second-order valence-electron chi connectivity index (χ2n) is 3.80. The van der Waals surface area contributed by atoms with Crippen molar-refractivity contribution < 1.29 is 14.7 Å². The predicted octanol–water partition coefficient (Wildman–Crippen LogP) is 1.31. The van der Waals surface area contributed by atoms with Crippen molar-refractivity contribution in [1.29, 1.82) is 0 Å². The van der Waals surface area contributed by atoms with Crippen molar-refractivity contribution in [2.45, 2.75) is 13.0 Å². The van der Waals surface area contributed by atoms with E-state index in [9.17, 15) is 9.59 Å². The Bertz CT molecular complexity index is 484. The lowest BCUT2D eigenvalue weighted by atomic mass is 10.3. The van der Waals surface area contributed by atoms with Gasteiger partial charge in [0.2, 0.25) is 0 Å². The lowest BCUT2D eigenvalue weighted by Gasteiger charge is -2.23. The van der Waals surface area contributed by atoms with E-state index in [0.717, 1.165) is 6.42 Å². The summed E-state index contributed by atoms with van der Waals surface area (Å²) in [6, 6.07) is -0.147. The van der Waals surface area contributed by atoms with Crippen LogP contribution in [0.15, 0.2) is 17.5 Å². The van der Waals surface area contributed by atoms with Crippen LogP contribution in [0.4, 0.5) is 4.79 Å². The van der Waals surface area contributed by atoms with Crippen LogP contribution in [0, 0.1) is 0 Å². The lowest BCUT2D eigenvalue weighted by molar-refractivity contribution is 0.0691. The Morgan fingerprint density at radius 1 is 1.50 bits per heavy atom. The zero-order valence-corrected chi connectivity index (χ0v) is 10.4. The summed E-state index contributed by atoms with van der Waals surface area (Å²) in [5.74, 6) is -1.05. The maximum atomic E-state index is 11.8. The fourth-order valence-corrected chi connectivity index (χ4v) is 2.29. The Morgan fingerprint density at radius 2 is 2.33 bits per heavy atom. The smallest absolute Gasteiger partial charge is 0.355 e. The number of nitrogens with zero attached hydrogens (tertiary/aromatic N) is 2. The van der Waals surface area contributed by atoms with Gasteiger partial charge in [0.25, 0.3) is 0 Å². The minimum atomic E-state index is -1.05. The number of hydrogen-bond donors (Lipinski definition) is 2. The van der Waals surface area contributed by atoms with Crippen molar-refractivity contribution in [2.24, 2.45) is 0 Å². The molecule has 0 saturated heterocycles. The number of aromatic carboxylic acids is 1. The van der Waals surface area contributed by atoms with E-state index in [2.05, 4.69) is 10.3 Å². The molecular formula is C11H13N3O3S. The van der Waals surface area contributed by atoms with Gasteiger partial charge < -0.3 is 15.3 Å². The summed E-state index contributed by atoms with van der Waals surface area (Å²) in [5.41, 5.74) is 0.0187. The molecule has 18 heavy (non-hydrogen) atoms. The number of amides is 2. The van der Waals surface area contributed by atoms with Crippen LogP contribution in [-0.2, 0) is 6.54 Å². The number of thiazole rings is 1. The lowest BCUT2D eigenvalue weighted by Crippen LogP contribution is -2.41. The highest BCUT2D eigenvalue weighted by atomic mass is 32.1. The summed E-state index contributed by atoms with van der Waals surface area (Å²) >= 11 is 1.23. The standard InChI is InChI=1S/C11H13N3O3S/c15-10(16)8-7-18-9(13-8)6-12-11(17)14-4-2-1-3-5-14/h1-2,7H,3-6H2,(H,12,17)(H,15,16). The Hall–Kier alpha value is -1.89. The largest absolute Gasteiger partial charge is 0.476 e. The summed E-state index contributed by atoms with van der Waals surface area (Å²) in [5, 5.41) is 13.5. The van der Waals surface area contributed by atoms with Gasteiger partial charge in [-0.05, 0) is 6.42 Å². The Kier molecular flexibility index (Phi) is 3.93. The normalized spacial score (nSPS) is 14.6. The average Bonchev–Trinajstić information content (AvgIpc) is 2.86. The van der Waals surface area contributed by atoms with E-state index in [1.165, 1.54) is 16.7 Å². The molecule has 1 aliphatic rings. The summed E-state index contributed by atoms with van der Waals surface area (Å²) in [4.78, 5) is 28.0. The quantitative estimate of drug-likeness (QED) is 0.809. The number of nitrogens with one attached hydrogen (secondary N) is 1. The van der Waals surface area contributed by atoms with Gasteiger partial charge in [-0.3, -0.25) is 0 Å². The molecule has 0 atom stereocenters. The third kappa shape index (κ3) is 3.07. The van der Waals surface area contributed by atoms with Crippen molar-refractivity contribution in [1.82, 2.24) is 15.2 Å². The van der Waals surface area contributed by atoms with Gasteiger partial charge in [0.15, 0.2) is 5.69 Å². The van der Waals surface area contributed by atoms with E-state index in [-0.39, 0.29) is 18.3 Å². The van der Waals surface area contributed by atoms with Crippen LogP contribution >= 0.6 is 11.3 Å². The van der Waals surface area contributed by atoms with Gasteiger partial charge in [0.05, 0.1) is 6.54 Å². The van der Waals surface area contributed by atoms with Gasteiger partial charge in [-0.1, -0.05) is 12.2 Å². The van der Waals surface area contributed by atoms with Crippen LogP contribution in [0.1, 0.15) is 21.9 Å². The molecule has 0 unspecified atom stereocenters. The summed E-state index contributed by atoms with van der Waals surface area (Å²) in [6.45, 7) is 1.58. The van der Waals surface area contributed by atoms with E-state index in [4.69, 9.17) is 5.11 Å². The second kappa shape index (κ2) is 5.63. The molecule has 0 fully saturated rings. The average molecular weight is 267 g/mol. The monoisotopic (exact) mass is 267 g/mol. The third-order valence-corrected chi connectivity index (χ3v) is 3.36. The summed E-state index contributed by atoms with van der Waals surface area (Å²) in [6.07, 6.45) is 4.87. The first-order valence-electron chi connectivity index (χ1n) is 5.52. The van der Waals surface area contributed by atoms with Gasteiger partial charge in [0, 0.05) is 18.5 Å². The zero-order chi connectivity index (χ0) is 13.0. The van der Waals surface area contributed by atoms with Gasteiger partial charge in [-0.15, -0.1) is 11.3 Å². The molecule has 2 heterocycles. The van der Waals surface area contributed by atoms with E-state index in [1.54, 1.807) is 4.90 Å². The third-order valence-electron chi connectivity index (χ3n) is 2.51. The van der Waals surface area contributed by atoms with Gasteiger partial charge in [-0.2, -0.15) is 0 Å². The molecule has 0 aromatic carbocycles. The molecule has 0 radical (unpaired) electrons. The number of hydrogen-bond acceptors (Lipinski definition) is 4. The molecule has 0 aliphatic carbocycles. The maximum absolute atomic E-state index is 11.8. The fourth-order valence-electron chi connectivity index (χ4n) is 1.58. The Morgan fingerprint density at radius 3 is 2.94 bits per heavy atom. The molecular weight excluding hydrogens is 254 g/mol. The first-order valence-corrected chi connectivity index (χ1v) is 6.40. The van der Waals surface area contributed by atoms with E-state index in [0.29, 0.717) is 18.1 Å². The highest BCUT2D eigenvalue weighted by Gasteiger charge is 2.14. The number of aromatic nitrogens is 1. The molecule has 2 amide bonds. The van der Waals surface area contributed by atoms with E-state index < -0.39 is 5.97 Å². The highest BCUT2D eigenvalue weighted by Crippen LogP contribution is 2.09. The van der Waals surface area contributed by atoms with Gasteiger partial charge in [0.1, 0.15) is 5.01 Å². The molecule has 0 saturated carbocycles. The molecule has 96 valence electrons. The topological polar surface area (TPSA) is 82.5 Å². The summed E-state index contributed by atoms with van der Waals surface area (Å²) < 4.78 is 0. The molecule has 6 nitrogen and oxygen atoms in total. The number of rotatable bonds is 3. The Labute approximate surface area is 108 Å². The molecule has 1 aromatic heterocycles. The Balaban J connectivity index is 1.85. The molecule has 0 spiro atoms. The fraction of sp³-hybridized carbons (Fsp3) is 0.364. The minimum absolute atomic E-state index is 0.0187. The number of carbonyl (C=O) groups is 2. The second-order valence-corrected chi connectivity index (χ2v) is 4.74. The highest BCUT2D eigenvalue weighted by molar-refractivity contribution is 7.09. The van der Waals surface area contributed by atoms with Crippen molar-refractivity contribution in [2.75, 3.05) is 13.1 Å². The van der Waals surface area contributed by atoms with Crippen LogP contribution in [0.2, 0.25) is 0 Å². The van der Waals surface area contributed by atoms with Crippen molar-refractivity contribution in [3.63, 3.8) is 0 Å². The molecule has 2 N–H and O–H groups in total. The van der Waals surface area contributed by atoms with Crippen LogP contribution in [0.25, 0.3) is 0 Å². The SMILES string of the molecule is O=C(O)c1csc(CNC(=O)N2CC=CCC2)n1. The van der Waals surface area contributed by atoms with E-state index >= 15 is 0 Å². The molecule has 2 rings (SSSR count). The van der Waals surface area contributed by atoms with Crippen LogP contribution < -0.4 is 5.32 Å². The van der Waals surface area contributed by atoms with Crippen LogP contribution in [0.5, 0.6) is 0 Å². The first kappa shape index (κ1) is 12.6. The number of urea groups is 1. The molecule has 1 aromatic rings. The van der Waals surface area contributed by atoms with Crippen LogP contribution in [-0.4, -0.2) is 40.1 Å². The molecule has 0 bridgehead atoms. The number of carboxylic acids is 1. The summed E-state index contributed by atoms with van der Waals surface area (Å²) in [7, 11) is 0. The van der Waals surface area contributed by atoms with Gasteiger partial charge >= 0.3 is 12.0 Å². The minimum Gasteiger partial charge on any atom is -0.476 e. The molecule has 7 heteroatoms. The van der Waals surface area contributed by atoms with Crippen molar-refractivity contribution in [3.8, 4) is 0 Å². The van der Waals surface area contributed by atoms with E-state index in [1.807, 2.05) is 12.2 Å². The molecule has 1 aliphatic heterocycles. The first-order chi connectivity index (χ1) is 8.66. The van der Waals surface area contributed by atoms with Crippen LogP contribution in [0.3, 0.4) is 0 Å². The number of carboxylic acid groups (broad SMARTS) is 1. The maximum Gasteiger partial charge on any atom is 0.355 e. The van der Waals surface area contributed by atoms with Crippen molar-refractivity contribution >= 4 is 23.3 Å². The zero-order valence-electron chi connectivity index (χ0n) is 9.63. The van der Waals surface area contributed by atoms with Crippen molar-refractivity contribution in [3.05, 3.63) is 28.2 Å². The van der Waals surface area contributed by atoms with Gasteiger partial charge in [-0.25, -0.2) is 14.6 Å². The predicted molar refractivity (Wildman–Crippen MR) is 66.6 cm³/mol.